The summed E-state index contributed by atoms with van der Waals surface area (Å²) >= 11 is 0. The van der Waals surface area contributed by atoms with E-state index in [1.807, 2.05) is 43.4 Å². The van der Waals surface area contributed by atoms with E-state index in [1.165, 1.54) is 22.1 Å². The first kappa shape index (κ1) is 24.2. The Kier molecular flexibility index (Phi) is 7.26. The zero-order valence-corrected chi connectivity index (χ0v) is 20.9. The molecule has 0 unspecified atom stereocenters. The molecular weight excluding hydrogens is 423 g/mol. The molecule has 0 radical (unpaired) electrons. The minimum Gasteiger partial charge on any atom is -0.312 e. The highest BCUT2D eigenvalue weighted by molar-refractivity contribution is 6.89. The van der Waals surface area contributed by atoms with Crippen LogP contribution >= 0.6 is 0 Å². The van der Waals surface area contributed by atoms with Gasteiger partial charge in [0.25, 0.3) is 6.71 Å². The molecule has 2 aliphatic heterocycles. The highest BCUT2D eigenvalue weighted by atomic mass is 15.2. The fourth-order valence-corrected chi connectivity index (χ4v) is 5.23. The molecule has 3 aliphatic rings. The second kappa shape index (κ2) is 10.5. The number of anilines is 1. The summed E-state index contributed by atoms with van der Waals surface area (Å²) in [5.41, 5.74) is 10.2. The lowest BCUT2D eigenvalue weighted by atomic mass is 9.31. The average Bonchev–Trinajstić information content (AvgIpc) is 2.90. The summed E-state index contributed by atoms with van der Waals surface area (Å²) in [6.45, 7) is 21.1. The maximum atomic E-state index is 4.65. The Bertz CT molecular complexity index is 1290. The van der Waals surface area contributed by atoms with Gasteiger partial charge in [0.05, 0.1) is 0 Å². The molecule has 2 nitrogen and oxygen atoms in total. The number of hydrogen-bond donors (Lipinski definition) is 0. The number of para-hydroxylation sites is 1. The molecule has 0 aromatic heterocycles. The van der Waals surface area contributed by atoms with Crippen molar-refractivity contribution in [2.24, 2.45) is 0 Å². The summed E-state index contributed by atoms with van der Waals surface area (Å²) in [6, 6.07) is 8.65. The van der Waals surface area contributed by atoms with Crippen LogP contribution in [0.2, 0.25) is 0 Å². The zero-order valence-electron chi connectivity index (χ0n) is 20.9. The predicted molar refractivity (Wildman–Crippen MR) is 154 cm³/mol. The molecule has 0 saturated carbocycles. The van der Waals surface area contributed by atoms with Crippen molar-refractivity contribution in [3.8, 4) is 0 Å². The second-order valence-corrected chi connectivity index (χ2v) is 8.57. The molecular formula is C32H33BN2. The molecule has 2 heterocycles. The van der Waals surface area contributed by atoms with E-state index in [9.17, 15) is 0 Å². The van der Waals surface area contributed by atoms with Crippen LogP contribution in [0.4, 0.5) is 5.69 Å². The van der Waals surface area contributed by atoms with Gasteiger partial charge >= 0.3 is 0 Å². The number of nitrogens with zero attached hydrogens (tertiary/aromatic N) is 2. The fraction of sp³-hybridized carbons (Fsp3) is 0.125. The molecule has 35 heavy (non-hydrogen) atoms. The summed E-state index contributed by atoms with van der Waals surface area (Å²) in [5.74, 6) is 0. The second-order valence-electron chi connectivity index (χ2n) is 8.57. The first-order valence-corrected chi connectivity index (χ1v) is 12.2. The van der Waals surface area contributed by atoms with Gasteiger partial charge in [-0.25, -0.2) is 0 Å². The number of allylic oxidation sites excluding steroid dienone is 13. The normalized spacial score (nSPS) is 18.3. The molecule has 1 aromatic rings. The number of benzene rings is 1. The predicted octanol–water partition coefficient (Wildman–Crippen LogP) is 7.45. The smallest absolute Gasteiger partial charge is 0.251 e. The molecule has 1 aromatic carbocycles. The molecule has 0 saturated heterocycles. The molecule has 174 valence electrons. The van der Waals surface area contributed by atoms with Crippen LogP contribution in [0.1, 0.15) is 26.7 Å². The van der Waals surface area contributed by atoms with E-state index in [2.05, 4.69) is 97.7 Å². The molecule has 0 atom stereocenters. The fourth-order valence-electron chi connectivity index (χ4n) is 5.23. The molecule has 0 N–H and O–H groups in total. The standard InChI is InChI=1S/C32H33BN2/c1-7-12-18-25(9-3)34-24(6)32-29(11-5)35(26(10-4)19-13-8-2)31-23-17-15-21-28(31)33(32)27-20-14-16-22-30(27)34/h7-14,16,18-23H,2-3,5-6,15,17H2,1,4H3/b12-7-,19-13-,25-18+,26-10+. The van der Waals surface area contributed by atoms with Crippen molar-refractivity contribution >= 4 is 17.9 Å². The van der Waals surface area contributed by atoms with Crippen LogP contribution in [0.25, 0.3) is 0 Å². The molecule has 0 amide bonds. The highest BCUT2D eigenvalue weighted by Crippen LogP contribution is 2.46. The third kappa shape index (κ3) is 4.08. The van der Waals surface area contributed by atoms with Crippen LogP contribution in [0.15, 0.2) is 157 Å². The third-order valence-electron chi connectivity index (χ3n) is 6.67. The summed E-state index contributed by atoms with van der Waals surface area (Å²) in [6.07, 6.45) is 24.9. The van der Waals surface area contributed by atoms with E-state index in [1.54, 1.807) is 0 Å². The molecule has 0 bridgehead atoms. The van der Waals surface area contributed by atoms with Crippen molar-refractivity contribution < 1.29 is 0 Å². The van der Waals surface area contributed by atoms with Crippen molar-refractivity contribution in [3.63, 3.8) is 0 Å². The molecule has 4 rings (SSSR count). The third-order valence-corrected chi connectivity index (χ3v) is 6.67. The Morgan fingerprint density at radius 2 is 1.74 bits per heavy atom. The van der Waals surface area contributed by atoms with Crippen LogP contribution < -0.4 is 10.4 Å². The average molecular weight is 456 g/mol. The van der Waals surface area contributed by atoms with E-state index < -0.39 is 0 Å². The maximum absolute atomic E-state index is 4.65. The number of rotatable bonds is 7. The zero-order chi connectivity index (χ0) is 24.9. The lowest BCUT2D eigenvalue weighted by molar-refractivity contribution is 0.557. The van der Waals surface area contributed by atoms with Crippen LogP contribution in [-0.4, -0.2) is 11.6 Å². The summed E-state index contributed by atoms with van der Waals surface area (Å²) < 4.78 is 0. The van der Waals surface area contributed by atoms with Gasteiger partial charge in [-0.1, -0.05) is 87.0 Å². The van der Waals surface area contributed by atoms with Gasteiger partial charge in [-0.05, 0) is 73.5 Å². The Hall–Kier alpha value is -3.98. The van der Waals surface area contributed by atoms with Gasteiger partial charge in [0.1, 0.15) is 0 Å². The van der Waals surface area contributed by atoms with Gasteiger partial charge in [0, 0.05) is 34.2 Å². The van der Waals surface area contributed by atoms with Crippen LogP contribution in [0.3, 0.4) is 0 Å². The maximum Gasteiger partial charge on any atom is 0.251 e. The molecule has 3 heteroatoms. The van der Waals surface area contributed by atoms with E-state index in [0.717, 1.165) is 41.3 Å². The van der Waals surface area contributed by atoms with E-state index in [-0.39, 0.29) is 6.71 Å². The van der Waals surface area contributed by atoms with E-state index in [4.69, 9.17) is 0 Å². The van der Waals surface area contributed by atoms with E-state index in [0.29, 0.717) is 0 Å². The van der Waals surface area contributed by atoms with Gasteiger partial charge in [-0.15, -0.1) is 0 Å². The van der Waals surface area contributed by atoms with Crippen molar-refractivity contribution in [2.45, 2.75) is 26.7 Å². The summed E-state index contributed by atoms with van der Waals surface area (Å²) in [5, 5.41) is 0. The van der Waals surface area contributed by atoms with E-state index >= 15 is 0 Å². The first-order valence-electron chi connectivity index (χ1n) is 12.2. The highest BCUT2D eigenvalue weighted by Gasteiger charge is 2.45. The molecule has 0 spiro atoms. The van der Waals surface area contributed by atoms with Crippen LogP contribution in [0.5, 0.6) is 0 Å². The molecule has 1 aliphatic carbocycles. The lowest BCUT2D eigenvalue weighted by Crippen LogP contribution is -2.52. The minimum atomic E-state index is 0.0972. The number of hydrogen-bond acceptors (Lipinski definition) is 2. The first-order chi connectivity index (χ1) is 17.1. The van der Waals surface area contributed by atoms with Gasteiger partial charge < -0.3 is 9.80 Å². The Balaban J connectivity index is 2.07. The van der Waals surface area contributed by atoms with Crippen LogP contribution in [-0.2, 0) is 0 Å². The number of fused-ring (bicyclic) bond motifs is 5. The molecule has 0 fully saturated rings. The monoisotopic (exact) mass is 456 g/mol. The van der Waals surface area contributed by atoms with Crippen molar-refractivity contribution in [1.82, 2.24) is 4.90 Å². The summed E-state index contributed by atoms with van der Waals surface area (Å²) in [7, 11) is 0. The van der Waals surface area contributed by atoms with Gasteiger partial charge in [-0.3, -0.25) is 0 Å². The van der Waals surface area contributed by atoms with Crippen molar-refractivity contribution in [1.29, 1.82) is 0 Å². The van der Waals surface area contributed by atoms with Gasteiger partial charge in [0.2, 0.25) is 0 Å². The Labute approximate surface area is 211 Å². The quantitative estimate of drug-likeness (QED) is 0.311. The Morgan fingerprint density at radius 3 is 2.43 bits per heavy atom. The summed E-state index contributed by atoms with van der Waals surface area (Å²) in [4.78, 5) is 4.55. The topological polar surface area (TPSA) is 6.48 Å². The van der Waals surface area contributed by atoms with Crippen molar-refractivity contribution in [2.75, 3.05) is 4.90 Å². The lowest BCUT2D eigenvalue weighted by Gasteiger charge is -2.47. The van der Waals surface area contributed by atoms with Gasteiger partial charge in [-0.2, -0.15) is 0 Å². The SMILES string of the molecule is C=C/C=C\C(=C/C)N1C2=CCCC=C2B2C(=C1C=C)C(=C)N(/C(C=C)=C/C=C\C)c1ccccc12. The van der Waals surface area contributed by atoms with Crippen molar-refractivity contribution in [3.05, 3.63) is 157 Å². The van der Waals surface area contributed by atoms with Crippen LogP contribution in [0, 0.1) is 0 Å². The minimum absolute atomic E-state index is 0.0972. The van der Waals surface area contributed by atoms with Gasteiger partial charge in [0.15, 0.2) is 0 Å². The Morgan fingerprint density at radius 1 is 0.971 bits per heavy atom. The largest absolute Gasteiger partial charge is 0.312 e.